The molecule has 1 aliphatic rings. The average Bonchev–Trinajstić information content (AvgIpc) is 3.03. The number of pyridine rings is 1. The quantitative estimate of drug-likeness (QED) is 0.802. The third-order valence-corrected chi connectivity index (χ3v) is 5.60. The Hall–Kier alpha value is -0.980. The van der Waals surface area contributed by atoms with E-state index in [1.54, 1.807) is 11.3 Å². The van der Waals surface area contributed by atoms with Gasteiger partial charge in [0.15, 0.2) is 5.11 Å². The fraction of sp³-hybridized carbons (Fsp3) is 0.333. The highest BCUT2D eigenvalue weighted by molar-refractivity contribution is 9.11. The molecule has 0 bridgehead atoms. The molecule has 0 spiro atoms. The van der Waals surface area contributed by atoms with Gasteiger partial charge in [-0.05, 0) is 66.3 Å². The highest BCUT2D eigenvalue weighted by Crippen LogP contribution is 2.42. The highest BCUT2D eigenvalue weighted by atomic mass is 79.9. The number of hydrogen-bond donors (Lipinski definition) is 1. The van der Waals surface area contributed by atoms with E-state index in [-0.39, 0.29) is 12.1 Å². The van der Waals surface area contributed by atoms with Crippen molar-refractivity contribution in [2.75, 3.05) is 0 Å². The van der Waals surface area contributed by atoms with Gasteiger partial charge in [0.2, 0.25) is 0 Å². The van der Waals surface area contributed by atoms with Crippen LogP contribution in [0.5, 0.6) is 0 Å². The highest BCUT2D eigenvalue weighted by Gasteiger charge is 2.41. The van der Waals surface area contributed by atoms with Gasteiger partial charge in [-0.1, -0.05) is 6.07 Å². The molecule has 21 heavy (non-hydrogen) atoms. The Labute approximate surface area is 142 Å². The number of aromatic nitrogens is 1. The first kappa shape index (κ1) is 14.9. The van der Waals surface area contributed by atoms with Gasteiger partial charge in [-0.25, -0.2) is 0 Å². The van der Waals surface area contributed by atoms with E-state index in [0.29, 0.717) is 6.04 Å². The topological polar surface area (TPSA) is 28.2 Å². The van der Waals surface area contributed by atoms with E-state index >= 15 is 0 Å². The molecule has 0 amide bonds. The molecule has 110 valence electrons. The number of hydrogen-bond acceptors (Lipinski definition) is 3. The third-order valence-electron chi connectivity index (χ3n) is 3.58. The van der Waals surface area contributed by atoms with Crippen molar-refractivity contribution in [2.45, 2.75) is 32.0 Å². The second-order valence-electron chi connectivity index (χ2n) is 5.27. The molecule has 0 aromatic carbocycles. The number of nitrogens with zero attached hydrogens (tertiary/aromatic N) is 2. The number of thiocarbonyl (C=S) groups is 1. The van der Waals surface area contributed by atoms with Crippen molar-refractivity contribution in [1.29, 1.82) is 0 Å². The van der Waals surface area contributed by atoms with Crippen LogP contribution < -0.4 is 5.32 Å². The average molecular weight is 382 g/mol. The predicted molar refractivity (Wildman–Crippen MR) is 94.4 cm³/mol. The van der Waals surface area contributed by atoms with Crippen molar-refractivity contribution in [1.82, 2.24) is 15.2 Å². The van der Waals surface area contributed by atoms with Crippen LogP contribution >= 0.6 is 39.5 Å². The maximum atomic E-state index is 5.56. The van der Waals surface area contributed by atoms with Gasteiger partial charge >= 0.3 is 0 Å². The zero-order chi connectivity index (χ0) is 15.0. The first-order valence-corrected chi connectivity index (χ1v) is 8.84. The van der Waals surface area contributed by atoms with Crippen LogP contribution in [0.25, 0.3) is 0 Å². The molecule has 2 atom stereocenters. The Bertz CT molecular complexity index is 641. The molecule has 2 aromatic rings. The van der Waals surface area contributed by atoms with Crippen LogP contribution in [0, 0.1) is 0 Å². The molecular formula is C15H16BrN3S2. The number of thiophene rings is 1. The molecule has 6 heteroatoms. The summed E-state index contributed by atoms with van der Waals surface area (Å²) in [6.07, 6.45) is 1.83. The molecule has 1 saturated heterocycles. The lowest BCUT2D eigenvalue weighted by Crippen LogP contribution is -2.35. The molecule has 3 nitrogen and oxygen atoms in total. The van der Waals surface area contributed by atoms with Crippen LogP contribution in [0.2, 0.25) is 0 Å². The molecule has 1 N–H and O–H groups in total. The van der Waals surface area contributed by atoms with E-state index < -0.39 is 0 Å². The summed E-state index contributed by atoms with van der Waals surface area (Å²) in [5.41, 5.74) is 1.03. The van der Waals surface area contributed by atoms with E-state index in [0.717, 1.165) is 14.6 Å². The Morgan fingerprint density at radius 2 is 2.14 bits per heavy atom. The van der Waals surface area contributed by atoms with E-state index in [1.807, 2.05) is 18.3 Å². The molecule has 0 radical (unpaired) electrons. The van der Waals surface area contributed by atoms with Gasteiger partial charge in [-0.3, -0.25) is 4.98 Å². The number of halogens is 1. The van der Waals surface area contributed by atoms with Crippen molar-refractivity contribution in [3.05, 3.63) is 50.9 Å². The Balaban J connectivity index is 2.05. The first-order valence-electron chi connectivity index (χ1n) is 6.83. The van der Waals surface area contributed by atoms with Crippen molar-refractivity contribution in [2.24, 2.45) is 0 Å². The van der Waals surface area contributed by atoms with Crippen LogP contribution in [-0.2, 0) is 0 Å². The van der Waals surface area contributed by atoms with Crippen molar-refractivity contribution in [3.8, 4) is 0 Å². The summed E-state index contributed by atoms with van der Waals surface area (Å²) in [5.74, 6) is 0. The summed E-state index contributed by atoms with van der Waals surface area (Å²) in [6.45, 7) is 4.34. The van der Waals surface area contributed by atoms with Gasteiger partial charge in [0.05, 0.1) is 21.6 Å². The molecule has 3 heterocycles. The maximum Gasteiger partial charge on any atom is 0.170 e. The van der Waals surface area contributed by atoms with Gasteiger partial charge in [-0.15, -0.1) is 11.3 Å². The summed E-state index contributed by atoms with van der Waals surface area (Å²) >= 11 is 10.9. The van der Waals surface area contributed by atoms with Gasteiger partial charge in [0, 0.05) is 17.1 Å². The standard InChI is InChI=1S/C15H16BrN3S2/c1-9(2)19-14(11-6-7-12(16)21-11)13(18-15(19)20)10-5-3-4-8-17-10/h3-9,13-14H,1-2H3,(H,18,20)/t13-,14-/m1/s1. The molecule has 3 rings (SSSR count). The summed E-state index contributed by atoms with van der Waals surface area (Å²) in [6, 6.07) is 10.9. The lowest BCUT2D eigenvalue weighted by atomic mass is 10.0. The van der Waals surface area contributed by atoms with Gasteiger partial charge in [0.25, 0.3) is 0 Å². The fourth-order valence-corrected chi connectivity index (χ4v) is 4.73. The Morgan fingerprint density at radius 3 is 2.71 bits per heavy atom. The normalized spacial score (nSPS) is 21.9. The molecule has 1 aliphatic heterocycles. The SMILES string of the molecule is CC(C)N1C(=S)N[C@H](c2ccccn2)[C@H]1c1ccc(Br)s1. The number of nitrogens with one attached hydrogen (secondary N) is 1. The molecule has 0 unspecified atom stereocenters. The molecular weight excluding hydrogens is 366 g/mol. The summed E-state index contributed by atoms with van der Waals surface area (Å²) < 4.78 is 1.14. The van der Waals surface area contributed by atoms with Gasteiger partial charge < -0.3 is 10.2 Å². The lowest BCUT2D eigenvalue weighted by molar-refractivity contribution is 0.273. The summed E-state index contributed by atoms with van der Waals surface area (Å²) in [5, 5.41) is 4.25. The summed E-state index contributed by atoms with van der Waals surface area (Å²) in [7, 11) is 0. The van der Waals surface area contributed by atoms with Crippen LogP contribution in [0.3, 0.4) is 0 Å². The zero-order valence-electron chi connectivity index (χ0n) is 11.8. The predicted octanol–water partition coefficient (Wildman–Crippen LogP) is 4.29. The smallest absolute Gasteiger partial charge is 0.170 e. The van der Waals surface area contributed by atoms with Gasteiger partial charge in [0.1, 0.15) is 0 Å². The van der Waals surface area contributed by atoms with Crippen molar-refractivity contribution >= 4 is 44.6 Å². The van der Waals surface area contributed by atoms with Crippen LogP contribution in [0.15, 0.2) is 40.3 Å². The molecule has 0 aliphatic carbocycles. The number of rotatable bonds is 3. The van der Waals surface area contributed by atoms with E-state index in [1.165, 1.54) is 4.88 Å². The zero-order valence-corrected chi connectivity index (χ0v) is 15.0. The van der Waals surface area contributed by atoms with Crippen molar-refractivity contribution < 1.29 is 0 Å². The first-order chi connectivity index (χ1) is 10.1. The van der Waals surface area contributed by atoms with Gasteiger partial charge in [-0.2, -0.15) is 0 Å². The minimum Gasteiger partial charge on any atom is -0.352 e. The van der Waals surface area contributed by atoms with E-state index in [2.05, 4.69) is 63.2 Å². The largest absolute Gasteiger partial charge is 0.352 e. The molecule has 0 saturated carbocycles. The van der Waals surface area contributed by atoms with E-state index in [4.69, 9.17) is 12.2 Å². The second kappa shape index (κ2) is 6.02. The van der Waals surface area contributed by atoms with Crippen molar-refractivity contribution in [3.63, 3.8) is 0 Å². The van der Waals surface area contributed by atoms with E-state index in [9.17, 15) is 0 Å². The molecule has 1 fully saturated rings. The van der Waals surface area contributed by atoms with Crippen LogP contribution in [0.1, 0.15) is 36.5 Å². The van der Waals surface area contributed by atoms with Crippen LogP contribution in [-0.4, -0.2) is 21.0 Å². The Morgan fingerprint density at radius 1 is 1.33 bits per heavy atom. The monoisotopic (exact) mass is 381 g/mol. The van der Waals surface area contributed by atoms with Crippen LogP contribution in [0.4, 0.5) is 0 Å². The summed E-state index contributed by atoms with van der Waals surface area (Å²) in [4.78, 5) is 8.08. The molecule has 2 aromatic heterocycles. The lowest BCUT2D eigenvalue weighted by Gasteiger charge is -2.30. The minimum atomic E-state index is 0.0895. The Kier molecular flexibility index (Phi) is 4.28. The second-order valence-corrected chi connectivity index (χ2v) is 8.15. The fourth-order valence-electron chi connectivity index (χ4n) is 2.71. The minimum absolute atomic E-state index is 0.0895. The maximum absolute atomic E-state index is 5.56. The third kappa shape index (κ3) is 2.84.